The van der Waals surface area contributed by atoms with Crippen LogP contribution in [0.25, 0.3) is 0 Å². The minimum atomic E-state index is -0.956. The van der Waals surface area contributed by atoms with Crippen molar-refractivity contribution in [3.05, 3.63) is 28.8 Å². The molecule has 0 aliphatic carbocycles. The average Bonchev–Trinajstić information content (AvgIpc) is 2.83. The molecule has 8 heteroatoms. The van der Waals surface area contributed by atoms with Crippen LogP contribution in [0.2, 0.25) is 0 Å². The Morgan fingerprint density at radius 3 is 2.43 bits per heavy atom. The van der Waals surface area contributed by atoms with Crippen molar-refractivity contribution < 1.29 is 23.9 Å². The lowest BCUT2D eigenvalue weighted by Gasteiger charge is -2.15. The number of carbonyl (C=O) groups is 4. The van der Waals surface area contributed by atoms with Crippen LogP contribution in [0, 0.1) is 20.8 Å². The summed E-state index contributed by atoms with van der Waals surface area (Å²) in [7, 11) is 0. The Morgan fingerprint density at radius 1 is 1.07 bits per heavy atom. The molecular formula is C20H27N3O5. The highest BCUT2D eigenvalue weighted by atomic mass is 16.5. The highest BCUT2D eigenvalue weighted by molar-refractivity contribution is 6.45. The lowest BCUT2D eigenvalue weighted by atomic mass is 10.1. The number of rotatable bonds is 9. The van der Waals surface area contributed by atoms with Gasteiger partial charge in [-0.05, 0) is 56.4 Å². The summed E-state index contributed by atoms with van der Waals surface area (Å²) in [5.74, 6) is -1.50. The molecule has 1 saturated heterocycles. The van der Waals surface area contributed by atoms with Gasteiger partial charge in [-0.1, -0.05) is 13.0 Å². The van der Waals surface area contributed by atoms with Gasteiger partial charge in [-0.15, -0.1) is 0 Å². The van der Waals surface area contributed by atoms with Crippen molar-refractivity contribution in [1.82, 2.24) is 15.1 Å². The number of hydrogen-bond donors (Lipinski definition) is 1. The third kappa shape index (κ3) is 4.88. The predicted octanol–water partition coefficient (Wildman–Crippen LogP) is 1.70. The Hall–Kier alpha value is -2.90. The van der Waals surface area contributed by atoms with Crippen molar-refractivity contribution in [3.63, 3.8) is 0 Å². The van der Waals surface area contributed by atoms with Gasteiger partial charge in [0.15, 0.2) is 0 Å². The summed E-state index contributed by atoms with van der Waals surface area (Å²) in [6.45, 7) is 8.30. The lowest BCUT2D eigenvalue weighted by molar-refractivity contribution is -0.144. The Morgan fingerprint density at radius 2 is 1.75 bits per heavy atom. The maximum atomic E-state index is 12.1. The van der Waals surface area contributed by atoms with Gasteiger partial charge < -0.3 is 10.1 Å². The summed E-state index contributed by atoms with van der Waals surface area (Å²) in [4.78, 5) is 49.3. The van der Waals surface area contributed by atoms with Crippen molar-refractivity contribution in [3.8, 4) is 5.75 Å². The number of ether oxygens (including phenoxy) is 1. The van der Waals surface area contributed by atoms with E-state index in [2.05, 4.69) is 11.4 Å². The van der Waals surface area contributed by atoms with E-state index < -0.39 is 30.3 Å². The summed E-state index contributed by atoms with van der Waals surface area (Å²) >= 11 is 0. The number of urea groups is 1. The smallest absolute Gasteiger partial charge is 0.334 e. The number of nitrogens with zero attached hydrogens (tertiary/aromatic N) is 2. The third-order valence-corrected chi connectivity index (χ3v) is 4.55. The number of nitrogens with one attached hydrogen (secondary N) is 1. The van der Waals surface area contributed by atoms with E-state index in [4.69, 9.17) is 4.74 Å². The van der Waals surface area contributed by atoms with E-state index in [-0.39, 0.29) is 6.54 Å². The van der Waals surface area contributed by atoms with Crippen LogP contribution in [0.4, 0.5) is 4.79 Å². The molecule has 28 heavy (non-hydrogen) atoms. The summed E-state index contributed by atoms with van der Waals surface area (Å²) < 4.78 is 5.78. The van der Waals surface area contributed by atoms with Gasteiger partial charge in [0.25, 0.3) is 0 Å². The molecule has 0 unspecified atom stereocenters. The molecule has 1 heterocycles. The van der Waals surface area contributed by atoms with Crippen molar-refractivity contribution in [2.75, 3.05) is 26.2 Å². The van der Waals surface area contributed by atoms with Crippen molar-refractivity contribution >= 4 is 23.8 Å². The van der Waals surface area contributed by atoms with Crippen LogP contribution in [-0.2, 0) is 14.4 Å². The average molecular weight is 389 g/mol. The number of imide groups is 2. The quantitative estimate of drug-likeness (QED) is 0.394. The minimum Gasteiger partial charge on any atom is -0.493 e. The Labute approximate surface area is 164 Å². The van der Waals surface area contributed by atoms with Gasteiger partial charge >= 0.3 is 17.8 Å². The number of hydrogen-bond acceptors (Lipinski definition) is 5. The molecule has 1 N–H and O–H groups in total. The summed E-state index contributed by atoms with van der Waals surface area (Å²) in [6, 6.07) is 3.33. The molecule has 0 radical (unpaired) electrons. The van der Waals surface area contributed by atoms with E-state index in [1.54, 1.807) is 6.92 Å². The van der Waals surface area contributed by atoms with Gasteiger partial charge in [-0.3, -0.25) is 19.3 Å². The molecule has 5 amide bonds. The van der Waals surface area contributed by atoms with Crippen LogP contribution < -0.4 is 10.1 Å². The molecule has 0 spiro atoms. The molecule has 1 aliphatic rings. The Balaban J connectivity index is 1.76. The summed E-state index contributed by atoms with van der Waals surface area (Å²) in [5.41, 5.74) is 3.37. The standard InChI is InChI=1S/C20H27N3O5/c1-5-8-22-18(25)19(26)23(20(22)27)12-17(24)21-7-6-9-28-16-11-13(2)10-14(3)15(16)4/h10-11H,5-9,12H2,1-4H3,(H,21,24). The van der Waals surface area contributed by atoms with E-state index in [0.29, 0.717) is 30.9 Å². The van der Waals surface area contributed by atoms with Crippen LogP contribution in [0.1, 0.15) is 36.5 Å². The predicted molar refractivity (Wildman–Crippen MR) is 103 cm³/mol. The van der Waals surface area contributed by atoms with E-state index in [0.717, 1.165) is 27.3 Å². The van der Waals surface area contributed by atoms with Crippen molar-refractivity contribution in [1.29, 1.82) is 0 Å². The van der Waals surface area contributed by atoms with Gasteiger partial charge in [-0.2, -0.15) is 0 Å². The molecule has 0 aromatic heterocycles. The number of benzene rings is 1. The van der Waals surface area contributed by atoms with Crippen LogP contribution in [0.5, 0.6) is 5.75 Å². The maximum Gasteiger partial charge on any atom is 0.334 e. The van der Waals surface area contributed by atoms with E-state index in [9.17, 15) is 19.2 Å². The largest absolute Gasteiger partial charge is 0.493 e. The first kappa shape index (κ1) is 21.4. The molecule has 0 bridgehead atoms. The van der Waals surface area contributed by atoms with Crippen molar-refractivity contribution in [2.45, 2.75) is 40.5 Å². The van der Waals surface area contributed by atoms with E-state index >= 15 is 0 Å². The molecule has 2 rings (SSSR count). The lowest BCUT2D eigenvalue weighted by Crippen LogP contribution is -2.41. The Bertz CT molecular complexity index is 790. The molecule has 0 atom stereocenters. The Kier molecular flexibility index (Phi) is 7.14. The molecule has 8 nitrogen and oxygen atoms in total. The molecule has 1 aliphatic heterocycles. The first-order valence-electron chi connectivity index (χ1n) is 9.41. The number of aryl methyl sites for hydroxylation is 2. The van der Waals surface area contributed by atoms with Gasteiger partial charge in [0.1, 0.15) is 12.3 Å². The van der Waals surface area contributed by atoms with Gasteiger partial charge in [0.05, 0.1) is 6.61 Å². The maximum absolute atomic E-state index is 12.1. The van der Waals surface area contributed by atoms with Gasteiger partial charge in [-0.25, -0.2) is 9.69 Å². The topological polar surface area (TPSA) is 96.0 Å². The summed E-state index contributed by atoms with van der Waals surface area (Å²) in [6.07, 6.45) is 1.12. The number of amides is 5. The monoisotopic (exact) mass is 389 g/mol. The zero-order chi connectivity index (χ0) is 20.8. The molecule has 1 fully saturated rings. The van der Waals surface area contributed by atoms with Crippen LogP contribution in [0.15, 0.2) is 12.1 Å². The molecule has 0 saturated carbocycles. The molecule has 1 aromatic carbocycles. The highest BCUT2D eigenvalue weighted by Gasteiger charge is 2.44. The summed E-state index contributed by atoms with van der Waals surface area (Å²) in [5, 5.41) is 2.64. The highest BCUT2D eigenvalue weighted by Crippen LogP contribution is 2.23. The fraction of sp³-hybridized carbons (Fsp3) is 0.500. The molecule has 152 valence electrons. The first-order valence-corrected chi connectivity index (χ1v) is 9.41. The van der Waals surface area contributed by atoms with Gasteiger partial charge in [0, 0.05) is 13.1 Å². The molecular weight excluding hydrogens is 362 g/mol. The first-order chi connectivity index (χ1) is 13.3. The van der Waals surface area contributed by atoms with Crippen LogP contribution in [0.3, 0.4) is 0 Å². The van der Waals surface area contributed by atoms with E-state index in [1.165, 1.54) is 0 Å². The minimum absolute atomic E-state index is 0.163. The fourth-order valence-corrected chi connectivity index (χ4v) is 2.94. The second-order valence-electron chi connectivity index (χ2n) is 6.89. The van der Waals surface area contributed by atoms with E-state index in [1.807, 2.05) is 26.8 Å². The SMILES string of the molecule is CCCN1C(=O)C(=O)N(CC(=O)NCCCOc2cc(C)cc(C)c2C)C1=O. The zero-order valence-electron chi connectivity index (χ0n) is 16.8. The van der Waals surface area contributed by atoms with Crippen LogP contribution in [-0.4, -0.2) is 59.8 Å². The van der Waals surface area contributed by atoms with Crippen LogP contribution >= 0.6 is 0 Å². The fourth-order valence-electron chi connectivity index (χ4n) is 2.94. The zero-order valence-corrected chi connectivity index (χ0v) is 16.8. The van der Waals surface area contributed by atoms with Gasteiger partial charge in [0.2, 0.25) is 5.91 Å². The van der Waals surface area contributed by atoms with Crippen molar-refractivity contribution in [2.24, 2.45) is 0 Å². The second-order valence-corrected chi connectivity index (χ2v) is 6.89. The third-order valence-electron chi connectivity index (χ3n) is 4.55. The molecule has 1 aromatic rings. The second kappa shape index (κ2) is 9.34. The number of carbonyl (C=O) groups excluding carboxylic acids is 4. The normalized spacial score (nSPS) is 14.1.